The van der Waals surface area contributed by atoms with E-state index < -0.39 is 0 Å². The number of rotatable bonds is 1. The van der Waals surface area contributed by atoms with Gasteiger partial charge in [-0.2, -0.15) is 0 Å². The third-order valence-electron chi connectivity index (χ3n) is 6.41. The van der Waals surface area contributed by atoms with Crippen molar-refractivity contribution in [2.24, 2.45) is 0 Å². The van der Waals surface area contributed by atoms with E-state index in [4.69, 9.17) is 0 Å². The van der Waals surface area contributed by atoms with Crippen LogP contribution >= 0.6 is 0 Å². The summed E-state index contributed by atoms with van der Waals surface area (Å²) >= 11 is 0. The first-order chi connectivity index (χ1) is 13.7. The van der Waals surface area contributed by atoms with E-state index in [1.807, 2.05) is 0 Å². The Labute approximate surface area is 166 Å². The predicted molar refractivity (Wildman–Crippen MR) is 118 cm³/mol. The number of benzene rings is 4. The van der Waals surface area contributed by atoms with Gasteiger partial charge in [-0.05, 0) is 82.3 Å². The van der Waals surface area contributed by atoms with E-state index in [0.29, 0.717) is 0 Å². The van der Waals surface area contributed by atoms with Gasteiger partial charge in [-0.1, -0.05) is 83.9 Å². The molecule has 0 bridgehead atoms. The third kappa shape index (κ3) is 2.31. The van der Waals surface area contributed by atoms with Gasteiger partial charge in [0.15, 0.2) is 0 Å². The minimum atomic E-state index is 1.05. The van der Waals surface area contributed by atoms with Gasteiger partial charge in [0, 0.05) is 0 Å². The Kier molecular flexibility index (Phi) is 3.23. The highest BCUT2D eigenvalue weighted by Crippen LogP contribution is 2.41. The fraction of sp³-hybridized carbons (Fsp3) is 0.143. The molecule has 0 saturated carbocycles. The minimum Gasteiger partial charge on any atom is -0.0587 e. The second-order valence-electron chi connectivity index (χ2n) is 8.42. The average molecular weight is 358 g/mol. The van der Waals surface area contributed by atoms with E-state index in [0.717, 1.165) is 12.8 Å². The number of fused-ring (bicyclic) bond motifs is 6. The predicted octanol–water partition coefficient (Wildman–Crippen LogP) is 7.11. The van der Waals surface area contributed by atoms with Crippen molar-refractivity contribution in [3.63, 3.8) is 0 Å². The van der Waals surface area contributed by atoms with E-state index in [1.54, 1.807) is 0 Å². The van der Waals surface area contributed by atoms with Gasteiger partial charge in [-0.25, -0.2) is 0 Å². The van der Waals surface area contributed by atoms with Crippen LogP contribution in [0, 0.1) is 13.8 Å². The van der Waals surface area contributed by atoms with Gasteiger partial charge in [-0.3, -0.25) is 0 Å². The summed E-state index contributed by atoms with van der Waals surface area (Å²) in [6.45, 7) is 4.36. The van der Waals surface area contributed by atoms with Crippen molar-refractivity contribution in [2.75, 3.05) is 0 Å². The molecule has 0 amide bonds. The van der Waals surface area contributed by atoms with Gasteiger partial charge in [0.25, 0.3) is 0 Å². The van der Waals surface area contributed by atoms with Crippen molar-refractivity contribution in [3.8, 4) is 33.4 Å². The van der Waals surface area contributed by atoms with E-state index in [9.17, 15) is 0 Å². The number of hydrogen-bond donors (Lipinski definition) is 0. The van der Waals surface area contributed by atoms with E-state index in [2.05, 4.69) is 86.6 Å². The zero-order chi connectivity index (χ0) is 18.8. The summed E-state index contributed by atoms with van der Waals surface area (Å²) in [7, 11) is 0. The normalized spacial score (nSPS) is 13.1. The fourth-order valence-corrected chi connectivity index (χ4v) is 5.04. The molecular formula is C28H22. The summed E-state index contributed by atoms with van der Waals surface area (Å²) in [5.41, 5.74) is 16.8. The molecule has 0 heteroatoms. The Morgan fingerprint density at radius 3 is 1.21 bits per heavy atom. The van der Waals surface area contributed by atoms with Gasteiger partial charge in [0.2, 0.25) is 0 Å². The second-order valence-corrected chi connectivity index (χ2v) is 8.42. The van der Waals surface area contributed by atoms with Crippen LogP contribution in [-0.2, 0) is 12.8 Å². The molecule has 0 aromatic heterocycles. The molecule has 0 heterocycles. The highest BCUT2D eigenvalue weighted by atomic mass is 14.2. The van der Waals surface area contributed by atoms with Gasteiger partial charge in [0.05, 0.1) is 0 Å². The van der Waals surface area contributed by atoms with Crippen LogP contribution in [0.25, 0.3) is 33.4 Å². The van der Waals surface area contributed by atoms with Crippen LogP contribution in [0.15, 0.2) is 72.8 Å². The van der Waals surface area contributed by atoms with Crippen LogP contribution in [0.1, 0.15) is 33.4 Å². The zero-order valence-corrected chi connectivity index (χ0v) is 16.3. The lowest BCUT2D eigenvalue weighted by atomic mass is 9.96. The first-order valence-corrected chi connectivity index (χ1v) is 10.1. The lowest BCUT2D eigenvalue weighted by Crippen LogP contribution is -1.86. The minimum absolute atomic E-state index is 1.05. The molecule has 0 unspecified atom stereocenters. The summed E-state index contributed by atoms with van der Waals surface area (Å²) < 4.78 is 0. The van der Waals surface area contributed by atoms with Crippen molar-refractivity contribution in [2.45, 2.75) is 26.7 Å². The van der Waals surface area contributed by atoms with Crippen molar-refractivity contribution >= 4 is 0 Å². The van der Waals surface area contributed by atoms with Crippen molar-refractivity contribution in [1.82, 2.24) is 0 Å². The lowest BCUT2D eigenvalue weighted by molar-refractivity contribution is 1.24. The molecule has 0 aliphatic heterocycles. The van der Waals surface area contributed by atoms with Crippen molar-refractivity contribution in [3.05, 3.63) is 106 Å². The Hall–Kier alpha value is -3.12. The van der Waals surface area contributed by atoms with E-state index in [1.165, 1.54) is 66.8 Å². The molecule has 0 nitrogen and oxygen atoms in total. The van der Waals surface area contributed by atoms with Gasteiger partial charge in [-0.15, -0.1) is 0 Å². The second kappa shape index (κ2) is 5.69. The largest absolute Gasteiger partial charge is 0.0587 e. The molecule has 28 heavy (non-hydrogen) atoms. The molecule has 0 atom stereocenters. The van der Waals surface area contributed by atoms with Crippen LogP contribution < -0.4 is 0 Å². The standard InChI is InChI=1S/C28H22/c1-17-3-7-25-21(11-17)15-23-13-19(5-9-27(23)25)20-6-10-28-24(14-20)16-22-12-18(2)4-8-26(22)28/h3-14H,15-16H2,1-2H3. The van der Waals surface area contributed by atoms with Crippen LogP contribution in [-0.4, -0.2) is 0 Å². The first-order valence-electron chi connectivity index (χ1n) is 10.1. The molecule has 2 aliphatic rings. The molecule has 134 valence electrons. The van der Waals surface area contributed by atoms with Crippen LogP contribution in [0.2, 0.25) is 0 Å². The summed E-state index contributed by atoms with van der Waals surface area (Å²) in [4.78, 5) is 0. The Morgan fingerprint density at radius 1 is 0.429 bits per heavy atom. The summed E-state index contributed by atoms with van der Waals surface area (Å²) in [5.74, 6) is 0. The van der Waals surface area contributed by atoms with Gasteiger partial charge in [0.1, 0.15) is 0 Å². The first kappa shape index (κ1) is 15.9. The van der Waals surface area contributed by atoms with Crippen molar-refractivity contribution in [1.29, 1.82) is 0 Å². The molecule has 0 N–H and O–H groups in total. The Balaban J connectivity index is 1.40. The molecule has 2 aliphatic carbocycles. The van der Waals surface area contributed by atoms with Crippen LogP contribution in [0.4, 0.5) is 0 Å². The quantitative estimate of drug-likeness (QED) is 0.294. The molecule has 6 rings (SSSR count). The van der Waals surface area contributed by atoms with Crippen LogP contribution in [0.5, 0.6) is 0 Å². The molecule has 0 fully saturated rings. The summed E-state index contributed by atoms with van der Waals surface area (Å²) in [6, 6.07) is 27.7. The monoisotopic (exact) mass is 358 g/mol. The molecule has 4 aromatic carbocycles. The SMILES string of the molecule is Cc1ccc2c(c1)Cc1cc(-c3ccc4c(c3)Cc3cc(C)ccc3-4)ccc1-2. The molecule has 0 saturated heterocycles. The summed E-state index contributed by atoms with van der Waals surface area (Å²) in [5, 5.41) is 0. The fourth-order valence-electron chi connectivity index (χ4n) is 5.04. The lowest BCUT2D eigenvalue weighted by Gasteiger charge is -2.08. The molecular weight excluding hydrogens is 336 g/mol. The highest BCUT2D eigenvalue weighted by molar-refractivity contribution is 5.83. The Morgan fingerprint density at radius 2 is 0.786 bits per heavy atom. The number of aryl methyl sites for hydroxylation is 2. The average Bonchev–Trinajstić information content (AvgIpc) is 3.23. The molecule has 0 radical (unpaired) electrons. The third-order valence-corrected chi connectivity index (χ3v) is 6.41. The van der Waals surface area contributed by atoms with E-state index >= 15 is 0 Å². The maximum Gasteiger partial charge on any atom is -0.00131 e. The Bertz CT molecular complexity index is 1170. The van der Waals surface area contributed by atoms with E-state index in [-0.39, 0.29) is 0 Å². The smallest absolute Gasteiger partial charge is 0.00131 e. The maximum absolute atomic E-state index is 2.40. The van der Waals surface area contributed by atoms with Crippen LogP contribution in [0.3, 0.4) is 0 Å². The summed E-state index contributed by atoms with van der Waals surface area (Å²) in [6.07, 6.45) is 2.10. The van der Waals surface area contributed by atoms with Gasteiger partial charge < -0.3 is 0 Å². The molecule has 4 aromatic rings. The molecule has 0 spiro atoms. The van der Waals surface area contributed by atoms with Crippen molar-refractivity contribution < 1.29 is 0 Å². The number of hydrogen-bond acceptors (Lipinski definition) is 0. The van der Waals surface area contributed by atoms with Gasteiger partial charge >= 0.3 is 0 Å². The highest BCUT2D eigenvalue weighted by Gasteiger charge is 2.21. The topological polar surface area (TPSA) is 0 Å². The zero-order valence-electron chi connectivity index (χ0n) is 16.3. The maximum atomic E-state index is 2.40.